The molecule has 0 aliphatic heterocycles. The van der Waals surface area contributed by atoms with Gasteiger partial charge >= 0.3 is 0 Å². The average Bonchev–Trinajstić information content (AvgIpc) is 3.77. The van der Waals surface area contributed by atoms with Gasteiger partial charge in [-0.15, -0.1) is 0 Å². The van der Waals surface area contributed by atoms with Crippen molar-refractivity contribution in [3.05, 3.63) is 237 Å². The van der Waals surface area contributed by atoms with Crippen LogP contribution in [0.3, 0.4) is 0 Å². The number of nitrogens with one attached hydrogen (secondary N) is 1. The zero-order valence-electron chi connectivity index (χ0n) is 37.4. The Kier molecular flexibility index (Phi) is 10.4. The maximum absolute atomic E-state index is 3.68. The van der Waals surface area contributed by atoms with Crippen molar-refractivity contribution in [2.45, 2.75) is 66.2 Å². The van der Waals surface area contributed by atoms with Crippen molar-refractivity contribution >= 4 is 22.9 Å². The van der Waals surface area contributed by atoms with E-state index in [0.717, 1.165) is 24.8 Å². The minimum absolute atomic E-state index is 0.0112. The number of hydrogen-bond acceptors (Lipinski definition) is 1. The fourth-order valence-corrected chi connectivity index (χ4v) is 10.7. The van der Waals surface area contributed by atoms with Crippen LogP contribution in [0.25, 0.3) is 61.7 Å². The second kappa shape index (κ2) is 16.4. The van der Waals surface area contributed by atoms with Crippen LogP contribution in [0.15, 0.2) is 182 Å². The van der Waals surface area contributed by atoms with Gasteiger partial charge in [0, 0.05) is 17.3 Å². The predicted molar refractivity (Wildman–Crippen MR) is 271 cm³/mol. The van der Waals surface area contributed by atoms with Crippen molar-refractivity contribution in [3.63, 3.8) is 0 Å². The summed E-state index contributed by atoms with van der Waals surface area (Å²) in [5.41, 5.74) is 29.0. The van der Waals surface area contributed by atoms with Crippen LogP contribution in [0.2, 0.25) is 0 Å². The van der Waals surface area contributed by atoms with Gasteiger partial charge in [0.25, 0.3) is 0 Å². The summed E-state index contributed by atoms with van der Waals surface area (Å²) in [6.45, 7) is 13.8. The Bertz CT molecular complexity index is 3100. The highest BCUT2D eigenvalue weighted by Gasteiger charge is 2.39. The maximum atomic E-state index is 3.68. The van der Waals surface area contributed by atoms with Crippen molar-refractivity contribution in [3.8, 4) is 44.5 Å². The molecule has 7 aromatic rings. The predicted octanol–water partition coefficient (Wildman–Crippen LogP) is 16.6. The third-order valence-corrected chi connectivity index (χ3v) is 14.0. The monoisotopic (exact) mass is 813 g/mol. The van der Waals surface area contributed by atoms with Crippen LogP contribution in [0.1, 0.15) is 82.3 Å². The van der Waals surface area contributed by atoms with E-state index in [-0.39, 0.29) is 5.41 Å². The molecule has 0 unspecified atom stereocenters. The highest BCUT2D eigenvalue weighted by atomic mass is 14.8. The first-order chi connectivity index (χ1) is 30.7. The van der Waals surface area contributed by atoms with Crippen LogP contribution in [0, 0.1) is 27.7 Å². The number of rotatable bonds is 9. The molecule has 0 saturated carbocycles. The molecule has 1 nitrogen and oxygen atoms in total. The van der Waals surface area contributed by atoms with Crippen LogP contribution < -0.4 is 5.32 Å². The minimum atomic E-state index is 0.0112. The molecule has 0 radical (unpaired) electrons. The molecule has 3 aliphatic carbocycles. The summed E-state index contributed by atoms with van der Waals surface area (Å²) < 4.78 is 0. The van der Waals surface area contributed by atoms with E-state index >= 15 is 0 Å². The van der Waals surface area contributed by atoms with Crippen LogP contribution in [-0.2, 0) is 11.8 Å². The fraction of sp³-hybridized carbons (Fsp3) is 0.161. The van der Waals surface area contributed by atoms with Crippen molar-refractivity contribution in [1.29, 1.82) is 0 Å². The number of benzene rings is 7. The maximum Gasteiger partial charge on any atom is 0.0427 e. The largest absolute Gasteiger partial charge is 0.361 e. The Balaban J connectivity index is 0.922. The highest BCUT2D eigenvalue weighted by molar-refractivity contribution is 5.93. The van der Waals surface area contributed by atoms with Gasteiger partial charge in [-0.05, 0) is 170 Å². The van der Waals surface area contributed by atoms with E-state index in [1.54, 1.807) is 5.57 Å². The van der Waals surface area contributed by atoms with E-state index in [0.29, 0.717) is 0 Å². The SMILES string of the molecule is Cc1cc2c(cc1\C=C/C(=C\C=C\Nc1cccc3c1C(C)(C)C1=C3C=CCC1)c1ccccc1)Cc1cc(-c3cccc(C)c3-c3cccc(-c4ccccc4C)c3C)ccc1-2. The van der Waals surface area contributed by atoms with Gasteiger partial charge in [-0.25, -0.2) is 0 Å². The smallest absolute Gasteiger partial charge is 0.0427 e. The van der Waals surface area contributed by atoms with Gasteiger partial charge in [-0.1, -0.05) is 183 Å². The molecular weight excluding hydrogens is 759 g/mol. The van der Waals surface area contributed by atoms with Crippen molar-refractivity contribution < 1.29 is 0 Å². The van der Waals surface area contributed by atoms with E-state index in [1.807, 2.05) is 0 Å². The van der Waals surface area contributed by atoms with Crippen molar-refractivity contribution in [2.75, 3.05) is 5.32 Å². The molecule has 0 aromatic heterocycles. The molecule has 0 fully saturated rings. The van der Waals surface area contributed by atoms with Gasteiger partial charge < -0.3 is 5.32 Å². The number of allylic oxidation sites excluding steroid dienone is 8. The van der Waals surface area contributed by atoms with E-state index in [9.17, 15) is 0 Å². The first-order valence-corrected chi connectivity index (χ1v) is 22.6. The molecule has 63 heavy (non-hydrogen) atoms. The molecule has 0 atom stereocenters. The molecule has 1 N–H and O–H groups in total. The summed E-state index contributed by atoms with van der Waals surface area (Å²) in [4.78, 5) is 0. The normalized spacial score (nSPS) is 14.9. The molecule has 0 spiro atoms. The molecule has 10 rings (SSSR count). The summed E-state index contributed by atoms with van der Waals surface area (Å²) in [7, 11) is 0. The van der Waals surface area contributed by atoms with Crippen molar-refractivity contribution in [1.82, 2.24) is 0 Å². The number of anilines is 1. The zero-order chi connectivity index (χ0) is 43.2. The first kappa shape index (κ1) is 40.1. The summed E-state index contributed by atoms with van der Waals surface area (Å²) >= 11 is 0. The average molecular weight is 814 g/mol. The second-order valence-electron chi connectivity index (χ2n) is 18.2. The van der Waals surface area contributed by atoms with Gasteiger partial charge in [0.2, 0.25) is 0 Å². The Morgan fingerprint density at radius 1 is 0.603 bits per heavy atom. The summed E-state index contributed by atoms with van der Waals surface area (Å²) in [6, 6.07) is 51.6. The molecule has 7 aromatic carbocycles. The lowest BCUT2D eigenvalue weighted by atomic mass is 9.78. The number of hydrogen-bond donors (Lipinski definition) is 1. The van der Waals surface area contributed by atoms with Crippen LogP contribution >= 0.6 is 0 Å². The molecule has 3 aliphatic rings. The van der Waals surface area contributed by atoms with E-state index in [4.69, 9.17) is 0 Å². The Labute approximate surface area is 374 Å². The quantitative estimate of drug-likeness (QED) is 0.143. The highest BCUT2D eigenvalue weighted by Crippen LogP contribution is 2.52. The van der Waals surface area contributed by atoms with E-state index < -0.39 is 0 Å². The standard InChI is InChI=1S/C62H55N/c1-40-18-10-11-23-50(40)51-25-15-26-52(43(51)4)60-41(2)19-14-27-54(60)47-33-34-53-48(38-47)39-49-37-46(42(3)36-57(49)53)32-31-45(44-20-8-7-9-21-44)22-17-35-63-59-30-16-28-56-55-24-12-13-29-58(55)62(5,6)61(56)59/h7-12,14-28,30-38,63H,13,29,39H2,1-6H3/b32-31-,35-17+,45-22+. The lowest BCUT2D eigenvalue weighted by Crippen LogP contribution is -2.19. The Morgan fingerprint density at radius 2 is 1.32 bits per heavy atom. The van der Waals surface area contributed by atoms with Crippen molar-refractivity contribution in [2.24, 2.45) is 0 Å². The summed E-state index contributed by atoms with van der Waals surface area (Å²) in [5.74, 6) is 0. The summed E-state index contributed by atoms with van der Waals surface area (Å²) in [5, 5.41) is 3.68. The van der Waals surface area contributed by atoms with Gasteiger partial charge in [0.1, 0.15) is 0 Å². The fourth-order valence-electron chi connectivity index (χ4n) is 10.7. The molecule has 0 amide bonds. The zero-order valence-corrected chi connectivity index (χ0v) is 37.4. The number of fused-ring (bicyclic) bond motifs is 5. The van der Waals surface area contributed by atoms with Crippen LogP contribution in [-0.4, -0.2) is 0 Å². The molecule has 0 heterocycles. The minimum Gasteiger partial charge on any atom is -0.361 e. The molecular formula is C62H55N. The molecule has 308 valence electrons. The second-order valence-corrected chi connectivity index (χ2v) is 18.2. The molecule has 0 bridgehead atoms. The summed E-state index contributed by atoms with van der Waals surface area (Å²) in [6.07, 6.45) is 18.9. The van der Waals surface area contributed by atoms with Gasteiger partial charge in [-0.3, -0.25) is 0 Å². The first-order valence-electron chi connectivity index (χ1n) is 22.6. The van der Waals surface area contributed by atoms with E-state index in [1.165, 1.54) is 111 Å². The van der Waals surface area contributed by atoms with E-state index in [2.05, 4.69) is 229 Å². The van der Waals surface area contributed by atoms with Gasteiger partial charge in [0.15, 0.2) is 0 Å². The Hall–Kier alpha value is -6.96. The molecule has 1 heteroatoms. The Morgan fingerprint density at radius 3 is 2.17 bits per heavy atom. The van der Waals surface area contributed by atoms with Gasteiger partial charge in [-0.2, -0.15) is 0 Å². The van der Waals surface area contributed by atoms with Crippen LogP contribution in [0.5, 0.6) is 0 Å². The van der Waals surface area contributed by atoms with Crippen LogP contribution in [0.4, 0.5) is 5.69 Å². The third kappa shape index (κ3) is 7.26. The topological polar surface area (TPSA) is 12.0 Å². The lowest BCUT2D eigenvalue weighted by Gasteiger charge is -2.27. The molecule has 0 saturated heterocycles. The lowest BCUT2D eigenvalue weighted by molar-refractivity contribution is 0.609. The number of aryl methyl sites for hydroxylation is 3. The van der Waals surface area contributed by atoms with Gasteiger partial charge in [0.05, 0.1) is 0 Å². The third-order valence-electron chi connectivity index (χ3n) is 14.0.